The van der Waals surface area contributed by atoms with Crippen molar-refractivity contribution in [3.8, 4) is 5.75 Å². The summed E-state index contributed by atoms with van der Waals surface area (Å²) >= 11 is 0. The lowest BCUT2D eigenvalue weighted by atomic mass is 9.90. The molecule has 1 atom stereocenters. The van der Waals surface area contributed by atoms with Crippen LogP contribution in [0.1, 0.15) is 22.5 Å². The van der Waals surface area contributed by atoms with E-state index in [-0.39, 0.29) is 0 Å². The normalized spacial score (nSPS) is 17.7. The van der Waals surface area contributed by atoms with Crippen LogP contribution in [0.5, 0.6) is 5.75 Å². The molecule has 1 aliphatic rings. The lowest BCUT2D eigenvalue weighted by Crippen LogP contribution is -2.23. The number of para-hydroxylation sites is 1. The highest BCUT2D eigenvalue weighted by Gasteiger charge is 2.20. The van der Waals surface area contributed by atoms with Gasteiger partial charge in [-0.15, -0.1) is 0 Å². The van der Waals surface area contributed by atoms with Gasteiger partial charge in [-0.25, -0.2) is 0 Å². The molecule has 1 aliphatic heterocycles. The van der Waals surface area contributed by atoms with Gasteiger partial charge in [-0.2, -0.15) is 0 Å². The quantitative estimate of drug-likeness (QED) is 0.817. The second-order valence-electron chi connectivity index (χ2n) is 5.39. The molecule has 0 spiro atoms. The molecule has 2 aromatic rings. The van der Waals surface area contributed by atoms with Gasteiger partial charge >= 0.3 is 0 Å². The van der Waals surface area contributed by atoms with Gasteiger partial charge in [0.2, 0.25) is 0 Å². The first-order valence-corrected chi connectivity index (χ1v) is 6.86. The van der Waals surface area contributed by atoms with Gasteiger partial charge in [-0.3, -0.25) is 4.98 Å². The number of nitrogens with zero attached hydrogens (tertiary/aromatic N) is 1. The zero-order chi connectivity index (χ0) is 13.2. The first-order valence-electron chi connectivity index (χ1n) is 6.86. The molecule has 0 amide bonds. The fraction of sp³-hybridized carbons (Fsp3) is 0.353. The highest BCUT2D eigenvalue weighted by atomic mass is 16.5. The molecule has 1 aromatic carbocycles. The van der Waals surface area contributed by atoms with E-state index in [0.717, 1.165) is 36.6 Å². The number of fused-ring (bicyclic) bond motifs is 1. The average Bonchev–Trinajstić information content (AvgIpc) is 2.42. The topological polar surface area (TPSA) is 22.1 Å². The number of aromatic nitrogens is 1. The summed E-state index contributed by atoms with van der Waals surface area (Å²) in [6.07, 6.45) is 2.15. The summed E-state index contributed by atoms with van der Waals surface area (Å²) in [5.74, 6) is 1.61. The van der Waals surface area contributed by atoms with Crippen molar-refractivity contribution in [1.82, 2.24) is 4.98 Å². The van der Waals surface area contributed by atoms with E-state index in [2.05, 4.69) is 42.2 Å². The summed E-state index contributed by atoms with van der Waals surface area (Å²) in [5, 5.41) is 0. The summed E-state index contributed by atoms with van der Waals surface area (Å²) < 4.78 is 5.85. The maximum Gasteiger partial charge on any atom is 0.122 e. The lowest BCUT2D eigenvalue weighted by molar-refractivity contribution is 0.221. The highest BCUT2D eigenvalue weighted by Crippen LogP contribution is 2.28. The van der Waals surface area contributed by atoms with Crippen molar-refractivity contribution in [3.05, 3.63) is 58.9 Å². The largest absolute Gasteiger partial charge is 0.493 e. The Morgan fingerprint density at radius 1 is 1.16 bits per heavy atom. The molecule has 0 saturated carbocycles. The van der Waals surface area contributed by atoms with Crippen LogP contribution < -0.4 is 4.74 Å². The van der Waals surface area contributed by atoms with E-state index in [9.17, 15) is 0 Å². The van der Waals surface area contributed by atoms with Crippen molar-refractivity contribution in [1.29, 1.82) is 0 Å². The van der Waals surface area contributed by atoms with Crippen LogP contribution in [0.25, 0.3) is 0 Å². The summed E-state index contributed by atoms with van der Waals surface area (Å²) in [6, 6.07) is 12.7. The van der Waals surface area contributed by atoms with Crippen LogP contribution in [0.4, 0.5) is 0 Å². The Morgan fingerprint density at radius 3 is 2.84 bits per heavy atom. The Balaban J connectivity index is 1.75. The molecule has 2 heterocycles. The van der Waals surface area contributed by atoms with Crippen LogP contribution in [-0.4, -0.2) is 11.6 Å². The fourth-order valence-electron chi connectivity index (χ4n) is 2.76. The SMILES string of the molecule is Cc1ccc(CC2COc3ccccc3C2)c(C)n1. The van der Waals surface area contributed by atoms with Gasteiger partial charge in [0.15, 0.2) is 0 Å². The molecule has 0 fully saturated rings. The first kappa shape index (κ1) is 12.2. The minimum absolute atomic E-state index is 0.554. The number of hydrogen-bond acceptors (Lipinski definition) is 2. The maximum atomic E-state index is 5.85. The van der Waals surface area contributed by atoms with Crippen molar-refractivity contribution in [2.24, 2.45) is 5.92 Å². The van der Waals surface area contributed by atoms with Crippen LogP contribution in [0, 0.1) is 19.8 Å². The Kier molecular flexibility index (Phi) is 3.24. The van der Waals surface area contributed by atoms with Crippen LogP contribution in [-0.2, 0) is 12.8 Å². The number of pyridine rings is 1. The number of aryl methyl sites for hydroxylation is 2. The molecule has 19 heavy (non-hydrogen) atoms. The number of ether oxygens (including phenoxy) is 1. The number of benzene rings is 1. The molecular weight excluding hydrogens is 234 g/mol. The summed E-state index contributed by atoms with van der Waals surface area (Å²) in [4.78, 5) is 4.54. The van der Waals surface area contributed by atoms with Crippen molar-refractivity contribution < 1.29 is 4.74 Å². The van der Waals surface area contributed by atoms with Gasteiger partial charge < -0.3 is 4.74 Å². The van der Waals surface area contributed by atoms with Crippen molar-refractivity contribution >= 4 is 0 Å². The van der Waals surface area contributed by atoms with Gasteiger partial charge in [-0.1, -0.05) is 24.3 Å². The number of rotatable bonds is 2. The number of hydrogen-bond donors (Lipinski definition) is 0. The molecular formula is C17H19NO. The summed E-state index contributed by atoms with van der Waals surface area (Å²) in [5.41, 5.74) is 4.92. The van der Waals surface area contributed by atoms with Crippen LogP contribution in [0.3, 0.4) is 0 Å². The Labute approximate surface area is 114 Å². The van der Waals surface area contributed by atoms with E-state index in [1.807, 2.05) is 13.0 Å². The van der Waals surface area contributed by atoms with Crippen molar-refractivity contribution in [2.75, 3.05) is 6.61 Å². The lowest BCUT2D eigenvalue weighted by Gasteiger charge is -2.25. The molecule has 0 bridgehead atoms. The predicted molar refractivity (Wildman–Crippen MR) is 76.5 cm³/mol. The smallest absolute Gasteiger partial charge is 0.122 e. The van der Waals surface area contributed by atoms with Crippen molar-refractivity contribution in [2.45, 2.75) is 26.7 Å². The third-order valence-electron chi connectivity index (χ3n) is 3.80. The Morgan fingerprint density at radius 2 is 2.00 bits per heavy atom. The van der Waals surface area contributed by atoms with Crippen molar-refractivity contribution in [3.63, 3.8) is 0 Å². The predicted octanol–water partition coefficient (Wildman–Crippen LogP) is 3.49. The van der Waals surface area contributed by atoms with Gasteiger partial charge in [0, 0.05) is 17.3 Å². The average molecular weight is 253 g/mol. The molecule has 2 heteroatoms. The molecule has 0 aliphatic carbocycles. The minimum atomic E-state index is 0.554. The van der Waals surface area contributed by atoms with E-state index in [0.29, 0.717) is 5.92 Å². The maximum absolute atomic E-state index is 5.85. The Hall–Kier alpha value is -1.83. The summed E-state index contributed by atoms with van der Waals surface area (Å²) in [6.45, 7) is 4.95. The van der Waals surface area contributed by atoms with Gasteiger partial charge in [-0.05, 0) is 49.9 Å². The van der Waals surface area contributed by atoms with E-state index in [1.54, 1.807) is 0 Å². The second-order valence-corrected chi connectivity index (χ2v) is 5.39. The zero-order valence-electron chi connectivity index (χ0n) is 11.5. The summed E-state index contributed by atoms with van der Waals surface area (Å²) in [7, 11) is 0. The standard InChI is InChI=1S/C17H19NO/c1-12-7-8-15(13(2)18-12)9-14-10-16-5-3-4-6-17(16)19-11-14/h3-8,14H,9-11H2,1-2H3. The molecule has 1 aromatic heterocycles. The molecule has 1 unspecified atom stereocenters. The first-order chi connectivity index (χ1) is 9.22. The van der Waals surface area contributed by atoms with Crippen LogP contribution in [0.2, 0.25) is 0 Å². The van der Waals surface area contributed by atoms with E-state index >= 15 is 0 Å². The van der Waals surface area contributed by atoms with E-state index < -0.39 is 0 Å². The minimum Gasteiger partial charge on any atom is -0.493 e. The van der Waals surface area contributed by atoms with E-state index in [1.165, 1.54) is 11.1 Å². The fourth-order valence-corrected chi connectivity index (χ4v) is 2.76. The third kappa shape index (κ3) is 2.62. The van der Waals surface area contributed by atoms with Gasteiger partial charge in [0.05, 0.1) is 6.61 Å². The molecule has 98 valence electrons. The molecule has 3 rings (SSSR count). The van der Waals surface area contributed by atoms with E-state index in [4.69, 9.17) is 4.74 Å². The molecule has 0 N–H and O–H groups in total. The zero-order valence-corrected chi connectivity index (χ0v) is 11.5. The third-order valence-corrected chi connectivity index (χ3v) is 3.80. The van der Waals surface area contributed by atoms with Gasteiger partial charge in [0.1, 0.15) is 5.75 Å². The highest BCUT2D eigenvalue weighted by molar-refractivity contribution is 5.35. The van der Waals surface area contributed by atoms with Crippen LogP contribution >= 0.6 is 0 Å². The molecule has 0 saturated heterocycles. The Bertz CT molecular complexity index is 592. The molecule has 2 nitrogen and oxygen atoms in total. The second kappa shape index (κ2) is 5.04. The van der Waals surface area contributed by atoms with Crippen LogP contribution in [0.15, 0.2) is 36.4 Å². The van der Waals surface area contributed by atoms with Gasteiger partial charge in [0.25, 0.3) is 0 Å². The molecule has 0 radical (unpaired) electrons. The monoisotopic (exact) mass is 253 g/mol.